The summed E-state index contributed by atoms with van der Waals surface area (Å²) in [4.78, 5) is 22.3. The maximum atomic E-state index is 12.3. The fourth-order valence-electron chi connectivity index (χ4n) is 2.46. The molecule has 0 atom stereocenters. The Balaban J connectivity index is 1.54. The van der Waals surface area contributed by atoms with E-state index in [9.17, 15) is 4.79 Å². The number of carbonyl (C=O) groups excluding carboxylic acids is 1. The molecule has 3 rings (SSSR count). The molecule has 0 saturated carbocycles. The summed E-state index contributed by atoms with van der Waals surface area (Å²) < 4.78 is 5.78. The smallest absolute Gasteiger partial charge is 0.253 e. The van der Waals surface area contributed by atoms with E-state index in [0.717, 1.165) is 18.4 Å². The highest BCUT2D eigenvalue weighted by molar-refractivity contribution is 5.94. The van der Waals surface area contributed by atoms with Gasteiger partial charge in [0.15, 0.2) is 0 Å². The number of rotatable bonds is 3. The zero-order chi connectivity index (χ0) is 14.5. The number of benzene rings is 1. The van der Waals surface area contributed by atoms with Crippen LogP contribution in [0.15, 0.2) is 48.9 Å². The van der Waals surface area contributed by atoms with Crippen LogP contribution in [0.1, 0.15) is 23.2 Å². The Morgan fingerprint density at radius 1 is 1.14 bits per heavy atom. The lowest BCUT2D eigenvalue weighted by molar-refractivity contribution is 0.0587. The Morgan fingerprint density at radius 3 is 2.57 bits per heavy atom. The first kappa shape index (κ1) is 13.5. The maximum absolute atomic E-state index is 12.3. The van der Waals surface area contributed by atoms with Crippen LogP contribution in [0.2, 0.25) is 0 Å². The second-order valence-corrected chi connectivity index (χ2v) is 5.02. The van der Waals surface area contributed by atoms with Crippen molar-refractivity contribution in [1.29, 1.82) is 0 Å². The first-order valence-electron chi connectivity index (χ1n) is 7.10. The Morgan fingerprint density at radius 2 is 1.90 bits per heavy atom. The van der Waals surface area contributed by atoms with E-state index in [1.807, 2.05) is 35.2 Å². The monoisotopic (exact) mass is 283 g/mol. The van der Waals surface area contributed by atoms with Gasteiger partial charge in [-0.2, -0.15) is 0 Å². The molecular weight excluding hydrogens is 266 g/mol. The van der Waals surface area contributed by atoms with Crippen LogP contribution in [-0.2, 0) is 0 Å². The molecule has 1 aromatic carbocycles. The lowest BCUT2D eigenvalue weighted by Gasteiger charge is -2.31. The highest BCUT2D eigenvalue weighted by Crippen LogP contribution is 2.18. The van der Waals surface area contributed by atoms with Gasteiger partial charge in [-0.25, -0.2) is 4.98 Å². The van der Waals surface area contributed by atoms with E-state index in [0.29, 0.717) is 19.0 Å². The van der Waals surface area contributed by atoms with Crippen LogP contribution < -0.4 is 4.74 Å². The highest BCUT2D eigenvalue weighted by Gasteiger charge is 2.24. The SMILES string of the molecule is O=C(c1ccccc1)N1CCC(Oc2cnccn2)CC1. The van der Waals surface area contributed by atoms with Crippen molar-refractivity contribution in [2.75, 3.05) is 13.1 Å². The zero-order valence-corrected chi connectivity index (χ0v) is 11.7. The second-order valence-electron chi connectivity index (χ2n) is 5.02. The quantitative estimate of drug-likeness (QED) is 0.866. The van der Waals surface area contributed by atoms with E-state index in [-0.39, 0.29) is 12.0 Å². The van der Waals surface area contributed by atoms with E-state index < -0.39 is 0 Å². The second kappa shape index (κ2) is 6.35. The van der Waals surface area contributed by atoms with Crippen LogP contribution in [0.25, 0.3) is 0 Å². The van der Waals surface area contributed by atoms with Crippen LogP contribution >= 0.6 is 0 Å². The maximum Gasteiger partial charge on any atom is 0.253 e. The predicted octanol–water partition coefficient (Wildman–Crippen LogP) is 2.16. The van der Waals surface area contributed by atoms with Gasteiger partial charge >= 0.3 is 0 Å². The van der Waals surface area contributed by atoms with Crippen LogP contribution in [-0.4, -0.2) is 40.0 Å². The minimum atomic E-state index is 0.0913. The van der Waals surface area contributed by atoms with Crippen molar-refractivity contribution in [2.24, 2.45) is 0 Å². The van der Waals surface area contributed by atoms with E-state index in [2.05, 4.69) is 9.97 Å². The van der Waals surface area contributed by atoms with Crippen LogP contribution in [0.4, 0.5) is 0 Å². The number of hydrogen-bond donors (Lipinski definition) is 0. The minimum absolute atomic E-state index is 0.0913. The van der Waals surface area contributed by atoms with Crippen LogP contribution in [0, 0.1) is 0 Å². The summed E-state index contributed by atoms with van der Waals surface area (Å²) in [6.45, 7) is 1.41. The molecule has 0 unspecified atom stereocenters. The van der Waals surface area contributed by atoms with Gasteiger partial charge in [0, 0.05) is 43.9 Å². The standard InChI is InChI=1S/C16H17N3O2/c20-16(13-4-2-1-3-5-13)19-10-6-14(7-11-19)21-15-12-17-8-9-18-15/h1-5,8-9,12,14H,6-7,10-11H2. The molecule has 5 heteroatoms. The Labute approximate surface area is 123 Å². The summed E-state index contributed by atoms with van der Waals surface area (Å²) >= 11 is 0. The molecule has 1 aliphatic heterocycles. The first-order valence-corrected chi connectivity index (χ1v) is 7.10. The number of piperidine rings is 1. The van der Waals surface area contributed by atoms with Gasteiger partial charge in [-0.15, -0.1) is 0 Å². The molecule has 0 N–H and O–H groups in total. The summed E-state index contributed by atoms with van der Waals surface area (Å²) in [7, 11) is 0. The molecule has 2 aromatic rings. The molecule has 0 bridgehead atoms. The number of ether oxygens (including phenoxy) is 1. The van der Waals surface area contributed by atoms with E-state index >= 15 is 0 Å². The van der Waals surface area contributed by atoms with E-state index in [1.165, 1.54) is 0 Å². The molecule has 1 aliphatic rings. The Kier molecular flexibility index (Phi) is 4.09. The summed E-state index contributed by atoms with van der Waals surface area (Å²) in [6, 6.07) is 9.39. The number of aromatic nitrogens is 2. The molecule has 108 valence electrons. The van der Waals surface area contributed by atoms with Gasteiger partial charge in [-0.05, 0) is 12.1 Å². The molecule has 2 heterocycles. The average molecular weight is 283 g/mol. The number of nitrogens with zero attached hydrogens (tertiary/aromatic N) is 3. The highest BCUT2D eigenvalue weighted by atomic mass is 16.5. The van der Waals surface area contributed by atoms with Gasteiger partial charge in [0.25, 0.3) is 5.91 Å². The van der Waals surface area contributed by atoms with Crippen LogP contribution in [0.3, 0.4) is 0 Å². The zero-order valence-electron chi connectivity index (χ0n) is 11.7. The van der Waals surface area contributed by atoms with Crippen molar-refractivity contribution in [1.82, 2.24) is 14.9 Å². The van der Waals surface area contributed by atoms with Crippen molar-refractivity contribution in [3.63, 3.8) is 0 Å². The fraction of sp³-hybridized carbons (Fsp3) is 0.312. The van der Waals surface area contributed by atoms with Gasteiger partial charge in [0.2, 0.25) is 5.88 Å². The van der Waals surface area contributed by atoms with Crippen LogP contribution in [0.5, 0.6) is 5.88 Å². The molecular formula is C16H17N3O2. The topological polar surface area (TPSA) is 55.3 Å². The molecule has 1 amide bonds. The van der Waals surface area contributed by atoms with Crippen molar-refractivity contribution in [3.05, 3.63) is 54.5 Å². The largest absolute Gasteiger partial charge is 0.473 e. The van der Waals surface area contributed by atoms with Gasteiger partial charge in [0.1, 0.15) is 6.10 Å². The average Bonchev–Trinajstić information content (AvgIpc) is 2.57. The summed E-state index contributed by atoms with van der Waals surface area (Å²) in [5.74, 6) is 0.638. The molecule has 21 heavy (non-hydrogen) atoms. The normalized spacial score (nSPS) is 15.7. The number of amides is 1. The molecule has 1 saturated heterocycles. The lowest BCUT2D eigenvalue weighted by Crippen LogP contribution is -2.41. The molecule has 1 aromatic heterocycles. The lowest BCUT2D eigenvalue weighted by atomic mass is 10.1. The Bertz CT molecular complexity index is 581. The molecule has 5 nitrogen and oxygen atoms in total. The van der Waals surface area contributed by atoms with E-state index in [1.54, 1.807) is 18.6 Å². The van der Waals surface area contributed by atoms with Gasteiger partial charge in [-0.1, -0.05) is 18.2 Å². The summed E-state index contributed by atoms with van der Waals surface area (Å²) in [5.41, 5.74) is 0.741. The van der Waals surface area contributed by atoms with Crippen molar-refractivity contribution in [2.45, 2.75) is 18.9 Å². The number of hydrogen-bond acceptors (Lipinski definition) is 4. The van der Waals surface area contributed by atoms with Crippen molar-refractivity contribution in [3.8, 4) is 5.88 Å². The third kappa shape index (κ3) is 3.37. The first-order chi connectivity index (χ1) is 10.3. The molecule has 1 fully saturated rings. The number of carbonyl (C=O) groups is 1. The van der Waals surface area contributed by atoms with Gasteiger partial charge in [-0.3, -0.25) is 9.78 Å². The minimum Gasteiger partial charge on any atom is -0.473 e. The van der Waals surface area contributed by atoms with E-state index in [4.69, 9.17) is 4.74 Å². The third-order valence-electron chi connectivity index (χ3n) is 3.58. The third-order valence-corrected chi connectivity index (χ3v) is 3.58. The molecule has 0 spiro atoms. The Hall–Kier alpha value is -2.43. The van der Waals surface area contributed by atoms with Gasteiger partial charge < -0.3 is 9.64 Å². The number of likely N-dealkylation sites (tertiary alicyclic amines) is 1. The van der Waals surface area contributed by atoms with Crippen molar-refractivity contribution >= 4 is 5.91 Å². The van der Waals surface area contributed by atoms with Crippen molar-refractivity contribution < 1.29 is 9.53 Å². The summed E-state index contributed by atoms with van der Waals surface area (Å²) in [6.07, 6.45) is 6.57. The predicted molar refractivity (Wildman–Crippen MR) is 78.0 cm³/mol. The summed E-state index contributed by atoms with van der Waals surface area (Å²) in [5, 5.41) is 0. The molecule has 0 aliphatic carbocycles. The molecule has 0 radical (unpaired) electrons. The fourth-order valence-corrected chi connectivity index (χ4v) is 2.46. The van der Waals surface area contributed by atoms with Gasteiger partial charge in [0.05, 0.1) is 6.20 Å².